The molecule has 1 amide bonds. The average Bonchev–Trinajstić information content (AvgIpc) is 2.73. The van der Waals surface area contributed by atoms with Crippen LogP contribution in [0.25, 0.3) is 0 Å². The molecule has 0 bridgehead atoms. The molecule has 0 aromatic rings. The number of likely N-dealkylation sites (tertiary alicyclic amines) is 2. The predicted molar refractivity (Wildman–Crippen MR) is 85.3 cm³/mol. The fourth-order valence-corrected chi connectivity index (χ4v) is 3.45. The molecular formula is C17H32N2O2. The number of hydrogen-bond donors (Lipinski definition) is 0. The summed E-state index contributed by atoms with van der Waals surface area (Å²) in [7, 11) is 0. The van der Waals surface area contributed by atoms with Crippen molar-refractivity contribution in [3.05, 3.63) is 0 Å². The first-order valence-electron chi connectivity index (χ1n) is 8.77. The minimum Gasteiger partial charge on any atom is -0.369 e. The predicted octanol–water partition coefficient (Wildman–Crippen LogP) is 2.53. The molecule has 0 saturated carbocycles. The van der Waals surface area contributed by atoms with Gasteiger partial charge in [0.2, 0.25) is 5.91 Å². The lowest BCUT2D eigenvalue weighted by Crippen LogP contribution is -2.45. The highest BCUT2D eigenvalue weighted by atomic mass is 16.5. The van der Waals surface area contributed by atoms with Crippen molar-refractivity contribution in [2.45, 2.75) is 58.5 Å². The van der Waals surface area contributed by atoms with Crippen LogP contribution < -0.4 is 0 Å². The van der Waals surface area contributed by atoms with Crippen molar-refractivity contribution in [2.24, 2.45) is 5.92 Å². The van der Waals surface area contributed by atoms with E-state index in [-0.39, 0.29) is 18.6 Å². The molecule has 2 aliphatic heterocycles. The van der Waals surface area contributed by atoms with Gasteiger partial charge in [-0.15, -0.1) is 0 Å². The van der Waals surface area contributed by atoms with E-state index in [9.17, 15) is 4.79 Å². The SMILES string of the molecule is CC(C)OCC(=O)N1CCC[C@@H](CN2CCCCCC2)C1. The fourth-order valence-electron chi connectivity index (χ4n) is 3.45. The molecule has 0 spiro atoms. The van der Waals surface area contributed by atoms with E-state index in [0.717, 1.165) is 19.5 Å². The molecule has 2 rings (SSSR count). The summed E-state index contributed by atoms with van der Waals surface area (Å²) in [6.07, 6.45) is 8.01. The Morgan fingerprint density at radius 1 is 1.10 bits per heavy atom. The summed E-state index contributed by atoms with van der Waals surface area (Å²) < 4.78 is 5.46. The van der Waals surface area contributed by atoms with Crippen LogP contribution in [0.15, 0.2) is 0 Å². The third kappa shape index (κ3) is 5.95. The number of hydrogen-bond acceptors (Lipinski definition) is 3. The quantitative estimate of drug-likeness (QED) is 0.781. The molecule has 2 fully saturated rings. The Labute approximate surface area is 129 Å². The third-order valence-electron chi connectivity index (χ3n) is 4.63. The fraction of sp³-hybridized carbons (Fsp3) is 0.941. The number of rotatable bonds is 5. The molecule has 2 aliphatic rings. The van der Waals surface area contributed by atoms with Crippen LogP contribution in [0.1, 0.15) is 52.4 Å². The molecule has 2 saturated heterocycles. The van der Waals surface area contributed by atoms with E-state index < -0.39 is 0 Å². The number of carbonyl (C=O) groups excluding carboxylic acids is 1. The molecule has 0 unspecified atom stereocenters. The second-order valence-corrected chi connectivity index (χ2v) is 6.92. The Balaban J connectivity index is 1.75. The van der Waals surface area contributed by atoms with Crippen LogP contribution in [0, 0.1) is 5.92 Å². The first-order valence-corrected chi connectivity index (χ1v) is 8.77. The highest BCUT2D eigenvalue weighted by Gasteiger charge is 2.25. The smallest absolute Gasteiger partial charge is 0.248 e. The highest BCUT2D eigenvalue weighted by molar-refractivity contribution is 5.77. The number of ether oxygens (including phenoxy) is 1. The Bertz CT molecular complexity index is 312. The Kier molecular flexibility index (Phi) is 6.97. The second kappa shape index (κ2) is 8.74. The Morgan fingerprint density at radius 2 is 1.81 bits per heavy atom. The van der Waals surface area contributed by atoms with Crippen molar-refractivity contribution in [3.8, 4) is 0 Å². The van der Waals surface area contributed by atoms with Gasteiger partial charge in [0.05, 0.1) is 6.10 Å². The molecule has 1 atom stereocenters. The highest BCUT2D eigenvalue weighted by Crippen LogP contribution is 2.20. The topological polar surface area (TPSA) is 32.8 Å². The van der Waals surface area contributed by atoms with Gasteiger partial charge in [-0.1, -0.05) is 12.8 Å². The van der Waals surface area contributed by atoms with E-state index in [1.165, 1.54) is 51.7 Å². The van der Waals surface area contributed by atoms with E-state index in [1.54, 1.807) is 0 Å². The first kappa shape index (κ1) is 16.8. The zero-order valence-corrected chi connectivity index (χ0v) is 13.9. The molecule has 2 heterocycles. The van der Waals surface area contributed by atoms with Gasteiger partial charge in [-0.2, -0.15) is 0 Å². The van der Waals surface area contributed by atoms with Gasteiger partial charge in [-0.3, -0.25) is 4.79 Å². The zero-order chi connectivity index (χ0) is 15.1. The van der Waals surface area contributed by atoms with Crippen LogP contribution in [0.3, 0.4) is 0 Å². The summed E-state index contributed by atoms with van der Waals surface area (Å²) in [6, 6.07) is 0. The summed E-state index contributed by atoms with van der Waals surface area (Å²) in [5, 5.41) is 0. The molecular weight excluding hydrogens is 264 g/mol. The number of amides is 1. The zero-order valence-electron chi connectivity index (χ0n) is 13.9. The monoisotopic (exact) mass is 296 g/mol. The van der Waals surface area contributed by atoms with Gasteiger partial charge >= 0.3 is 0 Å². The van der Waals surface area contributed by atoms with Crippen LogP contribution in [-0.2, 0) is 9.53 Å². The van der Waals surface area contributed by atoms with Crippen LogP contribution >= 0.6 is 0 Å². The summed E-state index contributed by atoms with van der Waals surface area (Å²) in [4.78, 5) is 16.8. The maximum atomic E-state index is 12.2. The standard InChI is InChI=1S/C17H32N2O2/c1-15(2)21-14-17(20)19-11-7-8-16(13-19)12-18-9-5-3-4-6-10-18/h15-16H,3-14H2,1-2H3/t16-/m0/s1. The van der Waals surface area contributed by atoms with Crippen LogP contribution in [0.4, 0.5) is 0 Å². The molecule has 0 radical (unpaired) electrons. The molecule has 0 N–H and O–H groups in total. The van der Waals surface area contributed by atoms with Crippen molar-refractivity contribution in [1.82, 2.24) is 9.80 Å². The van der Waals surface area contributed by atoms with Crippen molar-refractivity contribution in [2.75, 3.05) is 39.3 Å². The third-order valence-corrected chi connectivity index (χ3v) is 4.63. The maximum absolute atomic E-state index is 12.2. The van der Waals surface area contributed by atoms with Crippen LogP contribution in [-0.4, -0.2) is 61.1 Å². The average molecular weight is 296 g/mol. The Morgan fingerprint density at radius 3 is 2.48 bits per heavy atom. The van der Waals surface area contributed by atoms with Crippen LogP contribution in [0.2, 0.25) is 0 Å². The van der Waals surface area contributed by atoms with Crippen molar-refractivity contribution >= 4 is 5.91 Å². The van der Waals surface area contributed by atoms with Crippen molar-refractivity contribution < 1.29 is 9.53 Å². The van der Waals surface area contributed by atoms with Crippen molar-refractivity contribution in [1.29, 1.82) is 0 Å². The lowest BCUT2D eigenvalue weighted by molar-refractivity contribution is -0.139. The summed E-state index contributed by atoms with van der Waals surface area (Å²) in [6.45, 7) is 9.72. The molecule has 0 aliphatic carbocycles. The van der Waals surface area contributed by atoms with Gasteiger partial charge in [0, 0.05) is 19.6 Å². The van der Waals surface area contributed by atoms with E-state index >= 15 is 0 Å². The molecule has 4 heteroatoms. The molecule has 0 aromatic heterocycles. The molecule has 4 nitrogen and oxygen atoms in total. The number of nitrogens with zero attached hydrogens (tertiary/aromatic N) is 2. The number of piperidine rings is 1. The minimum absolute atomic E-state index is 0.131. The summed E-state index contributed by atoms with van der Waals surface area (Å²) in [5.74, 6) is 0.823. The normalized spacial score (nSPS) is 25.1. The van der Waals surface area contributed by atoms with Crippen LogP contribution in [0.5, 0.6) is 0 Å². The van der Waals surface area contributed by atoms with Gasteiger partial charge in [-0.25, -0.2) is 0 Å². The van der Waals surface area contributed by atoms with Crippen molar-refractivity contribution in [3.63, 3.8) is 0 Å². The van der Waals surface area contributed by atoms with E-state index in [2.05, 4.69) is 4.90 Å². The van der Waals surface area contributed by atoms with Gasteiger partial charge in [-0.05, 0) is 58.5 Å². The van der Waals surface area contributed by atoms with E-state index in [4.69, 9.17) is 4.74 Å². The van der Waals surface area contributed by atoms with Gasteiger partial charge in [0.1, 0.15) is 6.61 Å². The lowest BCUT2D eigenvalue weighted by atomic mass is 9.97. The molecule has 21 heavy (non-hydrogen) atoms. The van der Waals surface area contributed by atoms with Gasteiger partial charge in [0.25, 0.3) is 0 Å². The summed E-state index contributed by atoms with van der Waals surface area (Å²) >= 11 is 0. The largest absolute Gasteiger partial charge is 0.369 e. The lowest BCUT2D eigenvalue weighted by Gasteiger charge is -2.35. The molecule has 0 aromatic carbocycles. The second-order valence-electron chi connectivity index (χ2n) is 6.92. The van der Waals surface area contributed by atoms with Gasteiger partial charge in [0.15, 0.2) is 0 Å². The van der Waals surface area contributed by atoms with Gasteiger partial charge < -0.3 is 14.5 Å². The molecule has 122 valence electrons. The first-order chi connectivity index (χ1) is 10.1. The van der Waals surface area contributed by atoms with E-state index in [0.29, 0.717) is 5.92 Å². The maximum Gasteiger partial charge on any atom is 0.248 e. The minimum atomic E-state index is 0.131. The Hall–Kier alpha value is -0.610. The van der Waals surface area contributed by atoms with E-state index in [1.807, 2.05) is 18.7 Å². The summed E-state index contributed by atoms with van der Waals surface area (Å²) in [5.41, 5.74) is 0. The number of carbonyl (C=O) groups is 1.